The number of morpholine rings is 1. The van der Waals surface area contributed by atoms with E-state index in [9.17, 15) is 0 Å². The van der Waals surface area contributed by atoms with Crippen LogP contribution in [0.5, 0.6) is 0 Å². The first-order chi connectivity index (χ1) is 11.0. The molecule has 0 aromatic heterocycles. The van der Waals surface area contributed by atoms with E-state index in [0.717, 1.165) is 38.7 Å². The molecule has 1 aliphatic rings. The van der Waals surface area contributed by atoms with Crippen LogP contribution >= 0.6 is 0 Å². The van der Waals surface area contributed by atoms with Crippen molar-refractivity contribution < 1.29 is 4.74 Å². The highest BCUT2D eigenvalue weighted by Crippen LogP contribution is 2.07. The van der Waals surface area contributed by atoms with Crippen molar-refractivity contribution in [1.82, 2.24) is 15.5 Å². The Bertz CT molecular complexity index is 333. The smallest absolute Gasteiger partial charge is 0.191 e. The van der Waals surface area contributed by atoms with Crippen molar-refractivity contribution in [1.29, 1.82) is 0 Å². The normalized spacial score (nSPS) is 21.5. The molecular formula is C18H38N4O. The van der Waals surface area contributed by atoms with Crippen LogP contribution in [0.2, 0.25) is 0 Å². The Hall–Kier alpha value is -0.810. The van der Waals surface area contributed by atoms with Crippen LogP contribution in [0, 0.1) is 5.92 Å². The first kappa shape index (κ1) is 20.2. The summed E-state index contributed by atoms with van der Waals surface area (Å²) < 4.78 is 5.88. The van der Waals surface area contributed by atoms with Crippen molar-refractivity contribution in [2.75, 3.05) is 39.8 Å². The molecule has 0 spiro atoms. The van der Waals surface area contributed by atoms with Crippen LogP contribution < -0.4 is 10.6 Å². The number of guanidine groups is 1. The predicted octanol–water partition coefficient (Wildman–Crippen LogP) is 2.48. The summed E-state index contributed by atoms with van der Waals surface area (Å²) in [6, 6.07) is 0.456. The second kappa shape index (κ2) is 11.7. The van der Waals surface area contributed by atoms with Crippen LogP contribution in [0.4, 0.5) is 0 Å². The molecule has 0 bridgehead atoms. The molecule has 2 unspecified atom stereocenters. The largest absolute Gasteiger partial charge is 0.374 e. The fourth-order valence-electron chi connectivity index (χ4n) is 3.00. The molecule has 136 valence electrons. The van der Waals surface area contributed by atoms with Crippen LogP contribution in [0.1, 0.15) is 53.4 Å². The highest BCUT2D eigenvalue weighted by atomic mass is 16.5. The minimum Gasteiger partial charge on any atom is -0.374 e. The number of nitrogens with one attached hydrogen (secondary N) is 2. The summed E-state index contributed by atoms with van der Waals surface area (Å²) in [5.41, 5.74) is 0. The second-order valence-electron chi connectivity index (χ2n) is 7.14. The first-order valence-electron chi connectivity index (χ1n) is 9.36. The second-order valence-corrected chi connectivity index (χ2v) is 7.14. The van der Waals surface area contributed by atoms with Gasteiger partial charge in [0.05, 0.1) is 12.7 Å². The molecule has 0 aliphatic carbocycles. The van der Waals surface area contributed by atoms with Gasteiger partial charge in [0, 0.05) is 39.3 Å². The van der Waals surface area contributed by atoms with E-state index in [-0.39, 0.29) is 6.10 Å². The highest BCUT2D eigenvalue weighted by Gasteiger charge is 2.21. The lowest BCUT2D eigenvalue weighted by molar-refractivity contribution is -0.0284. The lowest BCUT2D eigenvalue weighted by atomic mass is 10.1. The lowest BCUT2D eigenvalue weighted by Crippen LogP contribution is -2.51. The fraction of sp³-hybridized carbons (Fsp3) is 0.944. The maximum Gasteiger partial charge on any atom is 0.191 e. The Morgan fingerprint density at radius 1 is 1.30 bits per heavy atom. The van der Waals surface area contributed by atoms with Crippen molar-refractivity contribution in [2.45, 2.75) is 65.5 Å². The average molecular weight is 327 g/mol. The Labute approximate surface area is 143 Å². The summed E-state index contributed by atoms with van der Waals surface area (Å²) in [5.74, 6) is 1.60. The van der Waals surface area contributed by atoms with Gasteiger partial charge >= 0.3 is 0 Å². The van der Waals surface area contributed by atoms with Gasteiger partial charge in [-0.15, -0.1) is 0 Å². The van der Waals surface area contributed by atoms with Gasteiger partial charge in [-0.25, -0.2) is 0 Å². The summed E-state index contributed by atoms with van der Waals surface area (Å²) in [5, 5.41) is 6.90. The van der Waals surface area contributed by atoms with Crippen molar-refractivity contribution in [3.63, 3.8) is 0 Å². The number of hydrogen-bond acceptors (Lipinski definition) is 3. The van der Waals surface area contributed by atoms with E-state index in [2.05, 4.69) is 48.2 Å². The third kappa shape index (κ3) is 9.16. The monoisotopic (exact) mass is 326 g/mol. The molecule has 0 amide bonds. The van der Waals surface area contributed by atoms with Crippen LogP contribution in [-0.2, 0) is 4.74 Å². The van der Waals surface area contributed by atoms with Gasteiger partial charge in [0.2, 0.25) is 0 Å². The molecule has 2 N–H and O–H groups in total. The topological polar surface area (TPSA) is 48.9 Å². The summed E-state index contributed by atoms with van der Waals surface area (Å²) in [4.78, 5) is 6.84. The van der Waals surface area contributed by atoms with E-state index in [4.69, 9.17) is 4.74 Å². The average Bonchev–Trinajstić information content (AvgIpc) is 2.51. The van der Waals surface area contributed by atoms with Gasteiger partial charge in [-0.3, -0.25) is 9.89 Å². The van der Waals surface area contributed by atoms with Gasteiger partial charge in [0.15, 0.2) is 5.96 Å². The molecule has 0 aromatic carbocycles. The summed E-state index contributed by atoms with van der Waals surface area (Å²) in [7, 11) is 1.83. The van der Waals surface area contributed by atoms with Crippen LogP contribution in [-0.4, -0.2) is 62.8 Å². The van der Waals surface area contributed by atoms with Gasteiger partial charge in [0.25, 0.3) is 0 Å². The quantitative estimate of drug-likeness (QED) is 0.388. The molecule has 5 nitrogen and oxygen atoms in total. The van der Waals surface area contributed by atoms with Crippen molar-refractivity contribution in [2.24, 2.45) is 10.9 Å². The first-order valence-corrected chi connectivity index (χ1v) is 9.36. The van der Waals surface area contributed by atoms with Gasteiger partial charge < -0.3 is 15.4 Å². The Morgan fingerprint density at radius 2 is 2.09 bits per heavy atom. The molecule has 0 radical (unpaired) electrons. The number of hydrogen-bond donors (Lipinski definition) is 2. The van der Waals surface area contributed by atoms with Gasteiger partial charge in [-0.05, 0) is 19.3 Å². The van der Waals surface area contributed by atoms with E-state index in [0.29, 0.717) is 12.0 Å². The SMILES string of the molecule is CCCCCC(C)NC(=NC)NCC1CN(CC(C)C)CCO1. The molecule has 0 saturated carbocycles. The third-order valence-corrected chi connectivity index (χ3v) is 4.19. The maximum atomic E-state index is 5.88. The van der Waals surface area contributed by atoms with Crippen molar-refractivity contribution in [3.8, 4) is 0 Å². The maximum absolute atomic E-state index is 5.88. The molecule has 0 aromatic rings. The Balaban J connectivity index is 2.28. The predicted molar refractivity (Wildman–Crippen MR) is 99.1 cm³/mol. The molecule has 5 heteroatoms. The molecule has 1 heterocycles. The Kier molecular flexibility index (Phi) is 10.3. The van der Waals surface area contributed by atoms with Gasteiger partial charge in [-0.2, -0.15) is 0 Å². The standard InChI is InChI=1S/C18H38N4O/c1-6-7-8-9-16(4)21-18(19-5)20-12-17-14-22(10-11-23-17)13-15(2)3/h15-17H,6-14H2,1-5H3,(H2,19,20,21). The molecule has 1 saturated heterocycles. The van der Waals surface area contributed by atoms with Crippen LogP contribution in [0.3, 0.4) is 0 Å². The van der Waals surface area contributed by atoms with Crippen LogP contribution in [0.15, 0.2) is 4.99 Å². The molecule has 1 fully saturated rings. The number of aliphatic imine (C=N–C) groups is 1. The van der Waals surface area contributed by atoms with Crippen LogP contribution in [0.25, 0.3) is 0 Å². The zero-order valence-corrected chi connectivity index (χ0v) is 15.9. The van der Waals surface area contributed by atoms with E-state index in [1.165, 1.54) is 25.7 Å². The molecule has 1 aliphatic heterocycles. The van der Waals surface area contributed by atoms with Gasteiger partial charge in [-0.1, -0.05) is 40.0 Å². The minimum absolute atomic E-state index is 0.247. The molecule has 2 atom stereocenters. The molecule has 1 rings (SSSR count). The third-order valence-electron chi connectivity index (χ3n) is 4.19. The van der Waals surface area contributed by atoms with E-state index >= 15 is 0 Å². The van der Waals surface area contributed by atoms with Crippen molar-refractivity contribution in [3.05, 3.63) is 0 Å². The number of ether oxygens (including phenoxy) is 1. The number of rotatable bonds is 9. The highest BCUT2D eigenvalue weighted by molar-refractivity contribution is 5.79. The Morgan fingerprint density at radius 3 is 2.74 bits per heavy atom. The van der Waals surface area contributed by atoms with E-state index < -0.39 is 0 Å². The zero-order valence-electron chi connectivity index (χ0n) is 15.9. The fourth-order valence-corrected chi connectivity index (χ4v) is 3.00. The van der Waals surface area contributed by atoms with Gasteiger partial charge in [0.1, 0.15) is 0 Å². The molecule has 23 heavy (non-hydrogen) atoms. The number of unbranched alkanes of at least 4 members (excludes halogenated alkanes) is 2. The minimum atomic E-state index is 0.247. The number of nitrogens with zero attached hydrogens (tertiary/aromatic N) is 2. The molecular weight excluding hydrogens is 288 g/mol. The van der Waals surface area contributed by atoms with Crippen molar-refractivity contribution >= 4 is 5.96 Å². The summed E-state index contributed by atoms with van der Waals surface area (Å²) in [6.45, 7) is 13.9. The lowest BCUT2D eigenvalue weighted by Gasteiger charge is -2.34. The van der Waals surface area contributed by atoms with E-state index in [1.54, 1.807) is 0 Å². The zero-order chi connectivity index (χ0) is 17.1. The van der Waals surface area contributed by atoms with E-state index in [1.807, 2.05) is 7.05 Å². The summed E-state index contributed by atoms with van der Waals surface area (Å²) in [6.07, 6.45) is 5.29. The summed E-state index contributed by atoms with van der Waals surface area (Å²) >= 11 is 0.